The number of carbonyl (C=O) groups is 2. The van der Waals surface area contributed by atoms with Gasteiger partial charge in [-0.1, -0.05) is 71.0 Å². The summed E-state index contributed by atoms with van der Waals surface area (Å²) in [5.41, 5.74) is 16.3. The van der Waals surface area contributed by atoms with Crippen molar-refractivity contribution in [1.29, 1.82) is 0 Å². The lowest BCUT2D eigenvalue weighted by Gasteiger charge is -2.29. The van der Waals surface area contributed by atoms with Crippen LogP contribution < -0.4 is 5.73 Å². The highest BCUT2D eigenvalue weighted by molar-refractivity contribution is 5.83. The molecule has 2 bridgehead atoms. The fraction of sp³-hybridized carbons (Fsp3) is 0.524. The third-order valence-electron chi connectivity index (χ3n) is 12.3. The van der Waals surface area contributed by atoms with Gasteiger partial charge in [-0.05, 0) is 95.9 Å². The molecule has 9 nitrogen and oxygen atoms in total. The zero-order valence-electron chi connectivity index (χ0n) is 30.8. The van der Waals surface area contributed by atoms with Crippen molar-refractivity contribution >= 4 is 11.8 Å². The molecular formula is C42H53N7O2. The van der Waals surface area contributed by atoms with Gasteiger partial charge in [-0.25, -0.2) is 9.97 Å². The van der Waals surface area contributed by atoms with E-state index in [-0.39, 0.29) is 35.2 Å². The summed E-state index contributed by atoms with van der Waals surface area (Å²) in [6.45, 7) is 12.2. The van der Waals surface area contributed by atoms with Gasteiger partial charge >= 0.3 is 0 Å². The van der Waals surface area contributed by atoms with Crippen molar-refractivity contribution in [2.24, 2.45) is 17.6 Å². The predicted molar refractivity (Wildman–Crippen MR) is 201 cm³/mol. The van der Waals surface area contributed by atoms with Gasteiger partial charge in [0.25, 0.3) is 0 Å². The van der Waals surface area contributed by atoms with Crippen LogP contribution in [0, 0.1) is 11.8 Å². The highest BCUT2D eigenvalue weighted by Gasteiger charge is 2.48. The molecule has 3 fully saturated rings. The van der Waals surface area contributed by atoms with Crippen molar-refractivity contribution in [2.75, 3.05) is 13.1 Å². The standard InChI is InChI=1S/C42H53N7O2/c1-24(2)20-35(50)48-18-6-8-33(48)39-45-23-32(47-39)30-15-14-29(36-28-16-17-42(5,21-28)37(30)36)26-10-12-27(13-11-26)31-22-44-40(46-31)34-9-7-19-49(34)41(51)38(43)25(3)4/h10-15,22-25,28,33-34,38H,6-9,16-21,43H2,1-5H3,(H,44,46)(H,45,47). The van der Waals surface area contributed by atoms with Gasteiger partial charge in [-0.3, -0.25) is 9.59 Å². The third-order valence-corrected chi connectivity index (χ3v) is 12.3. The predicted octanol–water partition coefficient (Wildman–Crippen LogP) is 8.03. The van der Waals surface area contributed by atoms with E-state index in [1.807, 2.05) is 36.0 Å². The number of amides is 2. The molecule has 4 aromatic rings. The fourth-order valence-electron chi connectivity index (χ4n) is 9.62. The van der Waals surface area contributed by atoms with Crippen molar-refractivity contribution in [1.82, 2.24) is 29.7 Å². The minimum Gasteiger partial charge on any atom is -0.340 e. The van der Waals surface area contributed by atoms with E-state index >= 15 is 0 Å². The topological polar surface area (TPSA) is 124 Å². The molecule has 2 aliphatic carbocycles. The maximum absolute atomic E-state index is 13.1. The zero-order valence-corrected chi connectivity index (χ0v) is 30.8. The number of imidazole rings is 2. The Balaban J connectivity index is 1.06. The van der Waals surface area contributed by atoms with Gasteiger partial charge in [0.05, 0.1) is 41.9 Å². The van der Waals surface area contributed by atoms with Crippen LogP contribution in [0.3, 0.4) is 0 Å². The van der Waals surface area contributed by atoms with E-state index < -0.39 is 6.04 Å². The van der Waals surface area contributed by atoms with Gasteiger partial charge in [0.2, 0.25) is 11.8 Å². The minimum atomic E-state index is -0.493. The summed E-state index contributed by atoms with van der Waals surface area (Å²) in [7, 11) is 0. The van der Waals surface area contributed by atoms with Crippen molar-refractivity contribution < 1.29 is 9.59 Å². The van der Waals surface area contributed by atoms with Crippen LogP contribution in [-0.2, 0) is 15.0 Å². The van der Waals surface area contributed by atoms with Crippen LogP contribution in [0.15, 0.2) is 48.8 Å². The van der Waals surface area contributed by atoms with Crippen molar-refractivity contribution in [2.45, 2.75) is 115 Å². The van der Waals surface area contributed by atoms with E-state index in [0.29, 0.717) is 18.3 Å². The highest BCUT2D eigenvalue weighted by atomic mass is 16.2. The number of likely N-dealkylation sites (tertiary alicyclic amines) is 2. The number of aromatic amines is 2. The third kappa shape index (κ3) is 5.91. The number of fused-ring (bicyclic) bond motifs is 5. The molecule has 4 heterocycles. The van der Waals surface area contributed by atoms with Gasteiger partial charge in [0, 0.05) is 25.1 Å². The Bertz CT molecular complexity index is 1940. The smallest absolute Gasteiger partial charge is 0.240 e. The Morgan fingerprint density at radius 1 is 0.843 bits per heavy atom. The van der Waals surface area contributed by atoms with Gasteiger partial charge in [-0.15, -0.1) is 0 Å². The van der Waals surface area contributed by atoms with E-state index in [4.69, 9.17) is 15.7 Å². The molecule has 2 aromatic heterocycles. The molecule has 1 saturated carbocycles. The molecule has 0 radical (unpaired) electrons. The molecule has 2 amide bonds. The number of nitrogens with zero attached hydrogens (tertiary/aromatic N) is 4. The lowest BCUT2D eigenvalue weighted by molar-refractivity contribution is -0.135. The monoisotopic (exact) mass is 687 g/mol. The van der Waals surface area contributed by atoms with E-state index in [9.17, 15) is 9.59 Å². The van der Waals surface area contributed by atoms with Gasteiger partial charge in [-0.2, -0.15) is 0 Å². The number of aromatic nitrogens is 4. The van der Waals surface area contributed by atoms with E-state index in [2.05, 4.69) is 67.1 Å². The maximum atomic E-state index is 13.1. The Morgan fingerprint density at radius 3 is 2.14 bits per heavy atom. The van der Waals surface area contributed by atoms with E-state index in [0.717, 1.165) is 67.4 Å². The molecule has 4 N–H and O–H groups in total. The van der Waals surface area contributed by atoms with Crippen LogP contribution in [-0.4, -0.2) is 60.7 Å². The highest BCUT2D eigenvalue weighted by Crippen LogP contribution is 2.61. The molecule has 5 unspecified atom stereocenters. The molecule has 268 valence electrons. The summed E-state index contributed by atoms with van der Waals surface area (Å²) >= 11 is 0. The van der Waals surface area contributed by atoms with Crippen molar-refractivity contribution in [3.05, 3.63) is 71.6 Å². The summed E-state index contributed by atoms with van der Waals surface area (Å²) in [6, 6.07) is 12.9. The Labute approximate surface area is 301 Å². The number of rotatable bonds is 9. The normalized spacial score (nSPS) is 24.7. The number of nitrogens with two attached hydrogens (primary N) is 1. The van der Waals surface area contributed by atoms with Crippen LogP contribution in [0.5, 0.6) is 0 Å². The second-order valence-corrected chi connectivity index (χ2v) is 16.7. The first-order chi connectivity index (χ1) is 24.5. The number of carbonyl (C=O) groups excluding carboxylic acids is 2. The van der Waals surface area contributed by atoms with Gasteiger partial charge < -0.3 is 25.5 Å². The summed E-state index contributed by atoms with van der Waals surface area (Å²) in [5.74, 6) is 2.99. The van der Waals surface area contributed by atoms with E-state index in [1.165, 1.54) is 47.1 Å². The summed E-state index contributed by atoms with van der Waals surface area (Å²) in [6.07, 6.45) is 11.9. The molecule has 9 heteroatoms. The number of H-pyrrole nitrogens is 2. The van der Waals surface area contributed by atoms with Crippen LogP contribution >= 0.6 is 0 Å². The lowest BCUT2D eigenvalue weighted by Crippen LogP contribution is -2.46. The second kappa shape index (κ2) is 13.1. The lowest BCUT2D eigenvalue weighted by atomic mass is 9.76. The van der Waals surface area contributed by atoms with Crippen LogP contribution in [0.4, 0.5) is 0 Å². The number of hydrogen-bond donors (Lipinski definition) is 3. The summed E-state index contributed by atoms with van der Waals surface area (Å²) in [4.78, 5) is 47.0. The number of nitrogens with one attached hydrogen (secondary N) is 2. The number of benzene rings is 2. The average Bonchev–Trinajstić information content (AvgIpc) is 3.96. The Kier molecular flexibility index (Phi) is 8.68. The molecule has 2 aromatic carbocycles. The van der Waals surface area contributed by atoms with Crippen molar-refractivity contribution in [3.8, 4) is 33.6 Å². The molecule has 51 heavy (non-hydrogen) atoms. The molecule has 2 aliphatic heterocycles. The SMILES string of the molecule is CC(C)CC(=O)N1CCCC1c1ncc(-c2ccc(-c3ccc(-c4cnc(C5CCCN5C(=O)C(N)C(C)C)[nH]4)cc3)c3c2C2(C)CCC3C2)[nH]1. The van der Waals surface area contributed by atoms with Gasteiger partial charge in [0.1, 0.15) is 11.6 Å². The summed E-state index contributed by atoms with van der Waals surface area (Å²) < 4.78 is 0. The fourth-order valence-corrected chi connectivity index (χ4v) is 9.62. The molecular weight excluding hydrogens is 635 g/mol. The first-order valence-electron chi connectivity index (χ1n) is 19.3. The summed E-state index contributed by atoms with van der Waals surface area (Å²) in [5, 5.41) is 0. The average molecular weight is 688 g/mol. The van der Waals surface area contributed by atoms with Gasteiger partial charge in [0.15, 0.2) is 0 Å². The minimum absolute atomic E-state index is 0.0120. The first kappa shape index (κ1) is 33.9. The zero-order chi connectivity index (χ0) is 35.6. The maximum Gasteiger partial charge on any atom is 0.240 e. The largest absolute Gasteiger partial charge is 0.340 e. The number of hydrogen-bond acceptors (Lipinski definition) is 5. The molecule has 2 saturated heterocycles. The van der Waals surface area contributed by atoms with E-state index in [1.54, 1.807) is 0 Å². The first-order valence-corrected chi connectivity index (χ1v) is 19.3. The molecule has 0 spiro atoms. The Morgan fingerprint density at radius 2 is 1.45 bits per heavy atom. The van der Waals surface area contributed by atoms with Crippen LogP contribution in [0.25, 0.3) is 33.6 Å². The quantitative estimate of drug-likeness (QED) is 0.164. The molecule has 4 aliphatic rings. The molecule has 8 rings (SSSR count). The van der Waals surface area contributed by atoms with Crippen molar-refractivity contribution in [3.63, 3.8) is 0 Å². The Hall–Kier alpha value is -4.24. The van der Waals surface area contributed by atoms with Crippen LogP contribution in [0.2, 0.25) is 0 Å². The second-order valence-electron chi connectivity index (χ2n) is 16.7. The molecule has 5 atom stereocenters. The van der Waals surface area contributed by atoms with Crippen LogP contribution in [0.1, 0.15) is 127 Å².